The van der Waals surface area contributed by atoms with Crippen molar-refractivity contribution in [3.63, 3.8) is 0 Å². The Bertz CT molecular complexity index is 1390. The van der Waals surface area contributed by atoms with Crippen molar-refractivity contribution in [2.45, 2.75) is 20.4 Å². The minimum absolute atomic E-state index is 0.306. The molecule has 4 aromatic rings. The number of esters is 1. The fraction of sp³-hybridized carbons (Fsp3) is 0.300. The van der Waals surface area contributed by atoms with Crippen LogP contribution >= 0.6 is 15.9 Å². The fourth-order valence-corrected chi connectivity index (χ4v) is 5.57. The molecule has 5 rings (SSSR count). The number of anilines is 1. The molecule has 192 valence electrons. The van der Waals surface area contributed by atoms with Gasteiger partial charge in [0.05, 0.1) is 35.0 Å². The number of methoxy groups -OCH3 is 1. The Kier molecular flexibility index (Phi) is 7.53. The van der Waals surface area contributed by atoms with E-state index in [2.05, 4.69) is 73.6 Å². The molecule has 1 aliphatic heterocycles. The monoisotopic (exact) mass is 561 g/mol. The maximum atomic E-state index is 13.4. The summed E-state index contributed by atoms with van der Waals surface area (Å²) >= 11 is 3.65. The summed E-state index contributed by atoms with van der Waals surface area (Å²) in [5.41, 5.74) is 6.01. The summed E-state index contributed by atoms with van der Waals surface area (Å²) in [5.74, 6) is 0.376. The molecular formula is C30H32BrN3O3. The molecule has 37 heavy (non-hydrogen) atoms. The summed E-state index contributed by atoms with van der Waals surface area (Å²) < 4.78 is 14.2. The van der Waals surface area contributed by atoms with E-state index in [0.717, 1.165) is 52.9 Å². The first-order valence-corrected chi connectivity index (χ1v) is 13.5. The Morgan fingerprint density at radius 1 is 0.946 bits per heavy atom. The van der Waals surface area contributed by atoms with Gasteiger partial charge in [0, 0.05) is 49.5 Å². The molecule has 0 amide bonds. The van der Waals surface area contributed by atoms with Crippen LogP contribution < -0.4 is 9.64 Å². The van der Waals surface area contributed by atoms with Crippen LogP contribution in [0, 0.1) is 6.92 Å². The van der Waals surface area contributed by atoms with Gasteiger partial charge in [-0.15, -0.1) is 0 Å². The van der Waals surface area contributed by atoms with Gasteiger partial charge in [0.15, 0.2) is 0 Å². The summed E-state index contributed by atoms with van der Waals surface area (Å²) in [6, 6.07) is 22.9. The van der Waals surface area contributed by atoms with Crippen LogP contribution in [0.15, 0.2) is 71.2 Å². The zero-order chi connectivity index (χ0) is 25.9. The first-order chi connectivity index (χ1) is 18.0. The van der Waals surface area contributed by atoms with Gasteiger partial charge in [-0.05, 0) is 66.2 Å². The van der Waals surface area contributed by atoms with Gasteiger partial charge >= 0.3 is 5.97 Å². The van der Waals surface area contributed by atoms with Gasteiger partial charge in [-0.3, -0.25) is 4.90 Å². The summed E-state index contributed by atoms with van der Waals surface area (Å²) in [7, 11) is 1.64. The number of hydrogen-bond acceptors (Lipinski definition) is 5. The number of carbonyl (C=O) groups excluding carboxylic acids is 1. The Balaban J connectivity index is 1.56. The molecule has 0 atom stereocenters. The number of rotatable bonds is 7. The van der Waals surface area contributed by atoms with Gasteiger partial charge in [-0.1, -0.05) is 35.9 Å². The molecule has 0 N–H and O–H groups in total. The molecule has 3 aromatic carbocycles. The number of fused-ring (bicyclic) bond motifs is 1. The Labute approximate surface area is 226 Å². The smallest absolute Gasteiger partial charge is 0.340 e. The third-order valence-electron chi connectivity index (χ3n) is 6.98. The molecule has 1 fully saturated rings. The SMILES string of the molecule is CCOC(=O)c1c(CN2CCN(c3ccc(C)cc3)CC2)n(-c2ccccc2)c2cc(Br)c(OC)cc12. The van der Waals surface area contributed by atoms with Crippen molar-refractivity contribution >= 4 is 38.5 Å². The van der Waals surface area contributed by atoms with E-state index in [4.69, 9.17) is 9.47 Å². The number of ether oxygens (including phenoxy) is 2. The largest absolute Gasteiger partial charge is 0.496 e. The van der Waals surface area contributed by atoms with Crippen LogP contribution in [0.3, 0.4) is 0 Å². The number of piperazine rings is 1. The molecule has 0 bridgehead atoms. The normalized spacial score (nSPS) is 14.2. The number of halogens is 1. The quantitative estimate of drug-likeness (QED) is 0.251. The van der Waals surface area contributed by atoms with Crippen LogP contribution in [0.4, 0.5) is 5.69 Å². The number of hydrogen-bond donors (Lipinski definition) is 0. The molecule has 0 spiro atoms. The first-order valence-electron chi connectivity index (χ1n) is 12.7. The highest BCUT2D eigenvalue weighted by atomic mass is 79.9. The Morgan fingerprint density at radius 3 is 2.30 bits per heavy atom. The molecule has 7 heteroatoms. The molecule has 0 radical (unpaired) electrons. The Morgan fingerprint density at radius 2 is 1.65 bits per heavy atom. The third kappa shape index (κ3) is 5.11. The molecule has 0 saturated carbocycles. The van der Waals surface area contributed by atoms with Crippen LogP contribution in [-0.4, -0.2) is 55.3 Å². The van der Waals surface area contributed by atoms with Crippen LogP contribution in [0.1, 0.15) is 28.5 Å². The highest BCUT2D eigenvalue weighted by Crippen LogP contribution is 2.38. The minimum Gasteiger partial charge on any atom is -0.496 e. The van der Waals surface area contributed by atoms with E-state index in [9.17, 15) is 4.79 Å². The highest BCUT2D eigenvalue weighted by molar-refractivity contribution is 9.10. The number of carbonyl (C=O) groups is 1. The summed E-state index contributed by atoms with van der Waals surface area (Å²) in [6.45, 7) is 8.58. The van der Waals surface area contributed by atoms with E-state index in [-0.39, 0.29) is 5.97 Å². The zero-order valence-electron chi connectivity index (χ0n) is 21.5. The van der Waals surface area contributed by atoms with E-state index >= 15 is 0 Å². The lowest BCUT2D eigenvalue weighted by atomic mass is 10.1. The summed E-state index contributed by atoms with van der Waals surface area (Å²) in [5, 5.41) is 0.829. The molecule has 1 aliphatic rings. The third-order valence-corrected chi connectivity index (χ3v) is 7.60. The first kappa shape index (κ1) is 25.4. The van der Waals surface area contributed by atoms with Gasteiger partial charge in [-0.2, -0.15) is 0 Å². The van der Waals surface area contributed by atoms with E-state index in [1.54, 1.807) is 7.11 Å². The van der Waals surface area contributed by atoms with Crippen molar-refractivity contribution < 1.29 is 14.3 Å². The Hall–Kier alpha value is -3.29. The van der Waals surface area contributed by atoms with E-state index in [1.165, 1.54) is 11.3 Å². The highest BCUT2D eigenvalue weighted by Gasteiger charge is 2.28. The lowest BCUT2D eigenvalue weighted by molar-refractivity contribution is 0.0526. The molecule has 2 heterocycles. The van der Waals surface area contributed by atoms with Crippen molar-refractivity contribution in [2.24, 2.45) is 0 Å². The maximum Gasteiger partial charge on any atom is 0.340 e. The van der Waals surface area contributed by atoms with Crippen LogP contribution in [0.5, 0.6) is 5.75 Å². The van der Waals surface area contributed by atoms with Gasteiger partial charge in [0.2, 0.25) is 0 Å². The molecular weight excluding hydrogens is 530 g/mol. The van der Waals surface area contributed by atoms with Crippen molar-refractivity contribution in [3.8, 4) is 11.4 Å². The van der Waals surface area contributed by atoms with E-state index < -0.39 is 0 Å². The molecule has 1 aromatic heterocycles. The average Bonchev–Trinajstić information content (AvgIpc) is 3.22. The number of nitrogens with zero attached hydrogens (tertiary/aromatic N) is 3. The molecule has 0 aliphatic carbocycles. The van der Waals surface area contributed by atoms with Gasteiger partial charge < -0.3 is 18.9 Å². The maximum absolute atomic E-state index is 13.4. The molecule has 0 unspecified atom stereocenters. The average molecular weight is 563 g/mol. The van der Waals surface area contributed by atoms with Gasteiger partial charge in [0.25, 0.3) is 0 Å². The van der Waals surface area contributed by atoms with Crippen LogP contribution in [0.2, 0.25) is 0 Å². The standard InChI is InChI=1S/C30H32BrN3O3/c1-4-37-30(35)29-24-18-28(36-3)25(31)19-26(24)34(23-8-6-5-7-9-23)27(29)20-32-14-16-33(17-15-32)22-12-10-21(2)11-13-22/h5-13,18-19H,4,14-17,20H2,1-3H3. The summed E-state index contributed by atoms with van der Waals surface area (Å²) in [6.07, 6.45) is 0. The molecule has 1 saturated heterocycles. The second-order valence-electron chi connectivity index (χ2n) is 9.32. The second kappa shape index (κ2) is 11.0. The van der Waals surface area contributed by atoms with Crippen molar-refractivity contribution in [1.29, 1.82) is 0 Å². The topological polar surface area (TPSA) is 46.9 Å². The van der Waals surface area contributed by atoms with E-state index in [1.807, 2.05) is 37.3 Å². The van der Waals surface area contributed by atoms with Crippen LogP contribution in [0.25, 0.3) is 16.6 Å². The molecule has 6 nitrogen and oxygen atoms in total. The number of benzene rings is 3. The minimum atomic E-state index is -0.306. The van der Waals surface area contributed by atoms with Crippen molar-refractivity contribution in [1.82, 2.24) is 9.47 Å². The second-order valence-corrected chi connectivity index (χ2v) is 10.2. The lowest BCUT2D eigenvalue weighted by Gasteiger charge is -2.36. The fourth-order valence-electron chi connectivity index (χ4n) is 5.08. The zero-order valence-corrected chi connectivity index (χ0v) is 23.1. The van der Waals surface area contributed by atoms with E-state index in [0.29, 0.717) is 24.5 Å². The van der Waals surface area contributed by atoms with Crippen molar-refractivity contribution in [2.75, 3.05) is 44.8 Å². The predicted molar refractivity (Wildman–Crippen MR) is 152 cm³/mol. The predicted octanol–water partition coefficient (Wildman–Crippen LogP) is 6.21. The van der Waals surface area contributed by atoms with Crippen LogP contribution in [-0.2, 0) is 11.3 Å². The summed E-state index contributed by atoms with van der Waals surface area (Å²) in [4.78, 5) is 18.3. The number of aryl methyl sites for hydroxylation is 1. The van der Waals surface area contributed by atoms with Crippen molar-refractivity contribution in [3.05, 3.63) is 88.0 Å². The van der Waals surface area contributed by atoms with Gasteiger partial charge in [0.1, 0.15) is 5.75 Å². The van der Waals surface area contributed by atoms with Gasteiger partial charge in [-0.25, -0.2) is 4.79 Å². The number of aromatic nitrogens is 1. The number of para-hydroxylation sites is 1. The lowest BCUT2D eigenvalue weighted by Crippen LogP contribution is -2.46.